The largest absolute Gasteiger partial charge is 0.487 e. The van der Waals surface area contributed by atoms with Gasteiger partial charge in [0.2, 0.25) is 0 Å². The van der Waals surface area contributed by atoms with Gasteiger partial charge in [-0.25, -0.2) is 0 Å². The summed E-state index contributed by atoms with van der Waals surface area (Å²) in [5.74, 6) is 0.876. The summed E-state index contributed by atoms with van der Waals surface area (Å²) in [4.78, 5) is 15.0. The fourth-order valence-electron chi connectivity index (χ4n) is 4.07. The molecule has 1 heterocycles. The highest BCUT2D eigenvalue weighted by molar-refractivity contribution is 6.31. The minimum absolute atomic E-state index is 0.142. The van der Waals surface area contributed by atoms with Crippen LogP contribution < -0.4 is 0 Å². The van der Waals surface area contributed by atoms with E-state index in [1.54, 1.807) is 14.2 Å². The first-order valence-electron chi connectivity index (χ1n) is 10.0. The fraction of sp³-hybridized carbons (Fsp3) is 0.375. The molecule has 2 aromatic carbocycles. The third-order valence-corrected chi connectivity index (χ3v) is 5.56. The minimum atomic E-state index is 0.142. The first-order valence-corrected chi connectivity index (χ1v) is 10.0. The highest BCUT2D eigenvalue weighted by Gasteiger charge is 2.32. The molecule has 5 heteroatoms. The zero-order valence-corrected chi connectivity index (χ0v) is 17.1. The predicted octanol–water partition coefficient (Wildman–Crippen LogP) is 3.31. The van der Waals surface area contributed by atoms with Crippen LogP contribution in [-0.2, 0) is 38.6 Å². The molecule has 0 N–H and O–H groups in total. The van der Waals surface area contributed by atoms with Crippen LogP contribution in [0.4, 0.5) is 0 Å². The van der Waals surface area contributed by atoms with Gasteiger partial charge in [-0.15, -0.1) is 0 Å². The number of carbonyl (C=O) groups is 1. The Morgan fingerprint density at radius 2 is 1.72 bits per heavy atom. The number of hydrogen-bond donors (Lipinski definition) is 0. The van der Waals surface area contributed by atoms with Gasteiger partial charge in [-0.2, -0.15) is 0 Å². The van der Waals surface area contributed by atoms with Gasteiger partial charge < -0.3 is 14.2 Å². The van der Waals surface area contributed by atoms with Crippen LogP contribution in [0.5, 0.6) is 0 Å². The zero-order valence-electron chi connectivity index (χ0n) is 17.1. The fourth-order valence-corrected chi connectivity index (χ4v) is 4.07. The molecule has 2 aliphatic rings. The third kappa shape index (κ3) is 4.13. The Kier molecular flexibility index (Phi) is 6.09. The molecule has 4 rings (SSSR count). The van der Waals surface area contributed by atoms with Crippen molar-refractivity contribution in [3.63, 3.8) is 0 Å². The number of ketones is 1. The summed E-state index contributed by atoms with van der Waals surface area (Å²) in [6, 6.07) is 14.4. The van der Waals surface area contributed by atoms with Crippen LogP contribution in [0.2, 0.25) is 0 Å². The second-order valence-corrected chi connectivity index (χ2v) is 7.50. The maximum absolute atomic E-state index is 12.7. The Morgan fingerprint density at radius 3 is 2.48 bits per heavy atom. The molecule has 0 aromatic heterocycles. The predicted molar refractivity (Wildman–Crippen MR) is 112 cm³/mol. The number of benzene rings is 2. The number of hydrogen-bond acceptors (Lipinski definition) is 5. The molecule has 0 radical (unpaired) electrons. The van der Waals surface area contributed by atoms with Crippen molar-refractivity contribution in [1.82, 2.24) is 4.90 Å². The summed E-state index contributed by atoms with van der Waals surface area (Å²) in [5.41, 5.74) is 6.22. The smallest absolute Gasteiger partial charge is 0.171 e. The first kappa shape index (κ1) is 19.8. The lowest BCUT2D eigenvalue weighted by atomic mass is 9.99. The van der Waals surface area contributed by atoms with E-state index in [1.807, 2.05) is 24.3 Å². The van der Waals surface area contributed by atoms with Gasteiger partial charge in [0, 0.05) is 51.4 Å². The highest BCUT2D eigenvalue weighted by Crippen LogP contribution is 2.40. The van der Waals surface area contributed by atoms with Crippen molar-refractivity contribution in [2.24, 2.45) is 0 Å². The van der Waals surface area contributed by atoms with E-state index in [-0.39, 0.29) is 5.78 Å². The third-order valence-electron chi connectivity index (χ3n) is 5.56. The number of allylic oxidation sites excluding steroid dienone is 1. The molecule has 1 aliphatic heterocycles. The Hall–Kier alpha value is -2.47. The second kappa shape index (κ2) is 8.91. The molecule has 0 saturated heterocycles. The van der Waals surface area contributed by atoms with Crippen molar-refractivity contribution in [3.8, 4) is 0 Å². The van der Waals surface area contributed by atoms with E-state index in [2.05, 4.69) is 23.1 Å². The molecule has 5 nitrogen and oxygen atoms in total. The molecule has 0 spiro atoms. The van der Waals surface area contributed by atoms with Gasteiger partial charge in [-0.1, -0.05) is 42.5 Å². The van der Waals surface area contributed by atoms with Gasteiger partial charge in [0.05, 0.1) is 18.8 Å². The van der Waals surface area contributed by atoms with Gasteiger partial charge in [-0.3, -0.25) is 9.69 Å². The molecule has 0 atom stereocenters. The van der Waals surface area contributed by atoms with Gasteiger partial charge in [0.25, 0.3) is 0 Å². The average Bonchev–Trinajstić information content (AvgIpc) is 3.29. The number of rotatable bonds is 8. The van der Waals surface area contributed by atoms with Crippen LogP contribution in [0.25, 0.3) is 11.3 Å². The molecule has 2 aromatic rings. The first-order chi connectivity index (χ1) is 14.2. The van der Waals surface area contributed by atoms with Gasteiger partial charge in [0.15, 0.2) is 5.78 Å². The summed E-state index contributed by atoms with van der Waals surface area (Å²) in [6.07, 6.45) is 0.458. The molecule has 29 heavy (non-hydrogen) atoms. The molecule has 0 amide bonds. The van der Waals surface area contributed by atoms with Crippen molar-refractivity contribution >= 4 is 17.1 Å². The molecule has 0 bridgehead atoms. The molecule has 152 valence electrons. The number of carbonyl (C=O) groups excluding carboxylic acids is 1. The van der Waals surface area contributed by atoms with E-state index in [9.17, 15) is 4.79 Å². The molecule has 0 saturated carbocycles. The van der Waals surface area contributed by atoms with E-state index < -0.39 is 0 Å². The molecule has 0 unspecified atom stereocenters. The Morgan fingerprint density at radius 1 is 0.966 bits per heavy atom. The van der Waals surface area contributed by atoms with Gasteiger partial charge >= 0.3 is 0 Å². The molecular weight excluding hydrogens is 366 g/mol. The van der Waals surface area contributed by atoms with Crippen molar-refractivity contribution in [2.45, 2.75) is 19.6 Å². The van der Waals surface area contributed by atoms with Crippen molar-refractivity contribution in [2.75, 3.05) is 40.5 Å². The van der Waals surface area contributed by atoms with Crippen LogP contribution in [0.1, 0.15) is 27.8 Å². The summed E-state index contributed by atoms with van der Waals surface area (Å²) in [5, 5.41) is 0. The van der Waals surface area contributed by atoms with E-state index >= 15 is 0 Å². The lowest BCUT2D eigenvalue weighted by molar-refractivity contribution is -0.112. The summed E-state index contributed by atoms with van der Waals surface area (Å²) in [6.45, 7) is 4.42. The van der Waals surface area contributed by atoms with Crippen LogP contribution in [0.3, 0.4) is 0 Å². The normalized spacial score (nSPS) is 17.6. The van der Waals surface area contributed by atoms with Crippen LogP contribution in [-0.4, -0.2) is 51.2 Å². The van der Waals surface area contributed by atoms with E-state index in [1.165, 1.54) is 5.56 Å². The number of Topliss-reactive ketones (excluding diaryl/α,β-unsaturated/α-hetero) is 1. The van der Waals surface area contributed by atoms with Gasteiger partial charge in [0.1, 0.15) is 12.4 Å². The Labute approximate surface area is 171 Å². The topological polar surface area (TPSA) is 48.0 Å². The van der Waals surface area contributed by atoms with Crippen LogP contribution in [0, 0.1) is 0 Å². The standard InChI is InChI=1S/C24H27NO4/c1-27-11-9-25(10-12-28-2)15-17-7-8-21-19(13-17)16-29-24(21)23-20-6-4-3-5-18(20)14-22(23)26/h3-8,13H,9-12,14-16H2,1-2H3/b24-23+. The SMILES string of the molecule is COCCN(CCOC)Cc1ccc2c(c1)CO/C2=C1/C(=O)Cc2ccccc21. The quantitative estimate of drug-likeness (QED) is 0.644. The zero-order chi connectivity index (χ0) is 20.2. The molecular formula is C24H27NO4. The van der Waals surface area contributed by atoms with E-state index in [0.717, 1.165) is 53.2 Å². The number of methoxy groups -OCH3 is 2. The number of ether oxygens (including phenoxy) is 3. The van der Waals surface area contributed by atoms with E-state index in [0.29, 0.717) is 26.2 Å². The monoisotopic (exact) mass is 393 g/mol. The molecule has 1 aliphatic carbocycles. The van der Waals surface area contributed by atoms with Crippen LogP contribution in [0.15, 0.2) is 42.5 Å². The summed E-state index contributed by atoms with van der Waals surface area (Å²) < 4.78 is 16.5. The summed E-state index contributed by atoms with van der Waals surface area (Å²) in [7, 11) is 3.44. The number of nitrogens with zero attached hydrogens (tertiary/aromatic N) is 1. The Balaban J connectivity index is 1.59. The van der Waals surface area contributed by atoms with E-state index in [4.69, 9.17) is 14.2 Å². The maximum atomic E-state index is 12.7. The van der Waals surface area contributed by atoms with Crippen molar-refractivity contribution in [1.29, 1.82) is 0 Å². The second-order valence-electron chi connectivity index (χ2n) is 7.50. The van der Waals surface area contributed by atoms with Gasteiger partial charge in [-0.05, 0) is 16.7 Å². The molecule has 0 fully saturated rings. The minimum Gasteiger partial charge on any atom is -0.487 e. The van der Waals surface area contributed by atoms with Crippen molar-refractivity contribution in [3.05, 3.63) is 70.3 Å². The van der Waals surface area contributed by atoms with Crippen LogP contribution >= 0.6 is 0 Å². The lowest BCUT2D eigenvalue weighted by Gasteiger charge is -2.21. The van der Waals surface area contributed by atoms with Crippen molar-refractivity contribution < 1.29 is 19.0 Å². The highest BCUT2D eigenvalue weighted by atomic mass is 16.5. The lowest BCUT2D eigenvalue weighted by Crippen LogP contribution is -2.30. The summed E-state index contributed by atoms with van der Waals surface area (Å²) >= 11 is 0. The maximum Gasteiger partial charge on any atom is 0.171 e. The Bertz CT molecular complexity index is 926. The number of fused-ring (bicyclic) bond motifs is 2. The average molecular weight is 393 g/mol.